The van der Waals surface area contributed by atoms with Gasteiger partial charge in [0, 0.05) is 24.4 Å². The smallest absolute Gasteiger partial charge is 0.139 e. The number of hydrogen-bond acceptors (Lipinski definition) is 2. The number of ketones is 1. The van der Waals surface area contributed by atoms with E-state index in [1.54, 1.807) is 0 Å². The Hall–Kier alpha value is -0.370. The zero-order chi connectivity index (χ0) is 8.55. The lowest BCUT2D eigenvalue weighted by atomic mass is 9.77. The van der Waals surface area contributed by atoms with Crippen molar-refractivity contribution in [3.05, 3.63) is 0 Å². The van der Waals surface area contributed by atoms with Gasteiger partial charge in [-0.1, -0.05) is 12.8 Å². The van der Waals surface area contributed by atoms with Crippen LogP contribution in [-0.2, 0) is 4.79 Å². The molecular formula is C10H17NO. The van der Waals surface area contributed by atoms with Crippen molar-refractivity contribution in [2.75, 3.05) is 0 Å². The minimum Gasteiger partial charge on any atom is -0.310 e. The maximum Gasteiger partial charge on any atom is 0.139 e. The first-order valence-corrected chi connectivity index (χ1v) is 5.06. The zero-order valence-corrected chi connectivity index (χ0v) is 7.68. The summed E-state index contributed by atoms with van der Waals surface area (Å²) in [5.41, 5.74) is 0. The fourth-order valence-electron chi connectivity index (χ4n) is 2.59. The molecule has 0 aromatic heterocycles. The molecule has 1 heterocycles. The van der Waals surface area contributed by atoms with E-state index in [4.69, 9.17) is 0 Å². The lowest BCUT2D eigenvalue weighted by molar-refractivity contribution is -0.127. The van der Waals surface area contributed by atoms with E-state index in [1.165, 1.54) is 19.3 Å². The molecule has 68 valence electrons. The first kappa shape index (κ1) is 8.24. The van der Waals surface area contributed by atoms with Crippen molar-refractivity contribution in [3.63, 3.8) is 0 Å². The van der Waals surface area contributed by atoms with Crippen LogP contribution in [0.4, 0.5) is 0 Å². The predicted molar refractivity (Wildman–Crippen MR) is 48.0 cm³/mol. The molecule has 1 unspecified atom stereocenters. The Kier molecular flexibility index (Phi) is 2.18. The van der Waals surface area contributed by atoms with Gasteiger partial charge >= 0.3 is 0 Å². The standard InChI is InChI=1S/C10H17NO/c1-7-6-10(12)8-4-2-3-5-9(8)11-7/h7-9,11H,2-6H2,1H3/t7-,8?,9-/m1/s1. The fraction of sp³-hybridized carbons (Fsp3) is 0.900. The van der Waals surface area contributed by atoms with E-state index in [0.717, 1.165) is 12.8 Å². The largest absolute Gasteiger partial charge is 0.310 e. The van der Waals surface area contributed by atoms with Gasteiger partial charge < -0.3 is 5.32 Å². The molecule has 2 nitrogen and oxygen atoms in total. The predicted octanol–water partition coefficient (Wildman–Crippen LogP) is 1.50. The SMILES string of the molecule is C[C@@H]1CC(=O)C2CCCC[C@H]2N1. The van der Waals surface area contributed by atoms with Gasteiger partial charge in [0.25, 0.3) is 0 Å². The normalized spacial score (nSPS) is 42.4. The molecule has 3 atom stereocenters. The van der Waals surface area contributed by atoms with Crippen molar-refractivity contribution in [2.45, 2.75) is 51.1 Å². The average Bonchev–Trinajstić information content (AvgIpc) is 2.04. The number of carbonyl (C=O) groups is 1. The van der Waals surface area contributed by atoms with E-state index < -0.39 is 0 Å². The van der Waals surface area contributed by atoms with Crippen LogP contribution in [-0.4, -0.2) is 17.9 Å². The fourth-order valence-corrected chi connectivity index (χ4v) is 2.59. The monoisotopic (exact) mass is 167 g/mol. The van der Waals surface area contributed by atoms with Gasteiger partial charge in [-0.2, -0.15) is 0 Å². The second kappa shape index (κ2) is 3.17. The maximum absolute atomic E-state index is 11.6. The number of fused-ring (bicyclic) bond motifs is 1. The lowest BCUT2D eigenvalue weighted by Crippen LogP contribution is -2.52. The van der Waals surface area contributed by atoms with Gasteiger partial charge in [0.15, 0.2) is 0 Å². The first-order chi connectivity index (χ1) is 5.77. The molecule has 1 saturated carbocycles. The first-order valence-electron chi connectivity index (χ1n) is 5.06. The molecule has 2 heteroatoms. The van der Waals surface area contributed by atoms with Gasteiger partial charge in [0.2, 0.25) is 0 Å². The number of hydrogen-bond donors (Lipinski definition) is 1. The van der Waals surface area contributed by atoms with Crippen molar-refractivity contribution in [1.82, 2.24) is 5.32 Å². The quantitative estimate of drug-likeness (QED) is 0.592. The molecule has 2 aliphatic rings. The number of piperidine rings is 1. The van der Waals surface area contributed by atoms with Gasteiger partial charge in [-0.05, 0) is 19.8 Å². The van der Waals surface area contributed by atoms with Crippen LogP contribution < -0.4 is 5.32 Å². The third kappa shape index (κ3) is 1.40. The van der Waals surface area contributed by atoms with Crippen LogP contribution in [0.1, 0.15) is 39.0 Å². The highest BCUT2D eigenvalue weighted by atomic mass is 16.1. The second-order valence-corrected chi connectivity index (χ2v) is 4.24. The van der Waals surface area contributed by atoms with E-state index in [2.05, 4.69) is 12.2 Å². The number of Topliss-reactive ketones (excluding diaryl/α,β-unsaturated/α-hetero) is 1. The molecule has 1 aliphatic carbocycles. The highest BCUT2D eigenvalue weighted by molar-refractivity contribution is 5.83. The summed E-state index contributed by atoms with van der Waals surface area (Å²) in [5, 5.41) is 3.53. The summed E-state index contributed by atoms with van der Waals surface area (Å²) in [6.07, 6.45) is 5.64. The van der Waals surface area contributed by atoms with E-state index >= 15 is 0 Å². The Morgan fingerprint density at radius 3 is 2.92 bits per heavy atom. The summed E-state index contributed by atoms with van der Waals surface area (Å²) in [6.45, 7) is 2.11. The molecular weight excluding hydrogens is 150 g/mol. The van der Waals surface area contributed by atoms with Gasteiger partial charge in [-0.15, -0.1) is 0 Å². The maximum atomic E-state index is 11.6. The third-order valence-corrected chi connectivity index (χ3v) is 3.19. The molecule has 0 spiro atoms. The van der Waals surface area contributed by atoms with Crippen LogP contribution in [0.2, 0.25) is 0 Å². The molecule has 0 amide bonds. The molecule has 0 aromatic carbocycles. The average molecular weight is 167 g/mol. The summed E-state index contributed by atoms with van der Waals surface area (Å²) in [5.74, 6) is 0.862. The minimum absolute atomic E-state index is 0.356. The number of carbonyl (C=O) groups excluding carboxylic acids is 1. The highest BCUT2D eigenvalue weighted by Gasteiger charge is 2.35. The highest BCUT2D eigenvalue weighted by Crippen LogP contribution is 2.29. The van der Waals surface area contributed by atoms with E-state index in [0.29, 0.717) is 23.8 Å². The van der Waals surface area contributed by atoms with Crippen LogP contribution in [0, 0.1) is 5.92 Å². The van der Waals surface area contributed by atoms with Gasteiger partial charge in [0.05, 0.1) is 0 Å². The minimum atomic E-state index is 0.356. The van der Waals surface area contributed by atoms with Crippen molar-refractivity contribution in [1.29, 1.82) is 0 Å². The van der Waals surface area contributed by atoms with Crippen LogP contribution in [0.25, 0.3) is 0 Å². The van der Waals surface area contributed by atoms with E-state index in [1.807, 2.05) is 0 Å². The Labute approximate surface area is 73.7 Å². The third-order valence-electron chi connectivity index (χ3n) is 3.19. The summed E-state index contributed by atoms with van der Waals surface area (Å²) in [7, 11) is 0. The molecule has 0 radical (unpaired) electrons. The Morgan fingerprint density at radius 2 is 2.08 bits per heavy atom. The van der Waals surface area contributed by atoms with Gasteiger partial charge in [0.1, 0.15) is 5.78 Å². The van der Waals surface area contributed by atoms with Crippen molar-refractivity contribution >= 4 is 5.78 Å². The number of rotatable bonds is 0. The van der Waals surface area contributed by atoms with E-state index in [-0.39, 0.29) is 0 Å². The zero-order valence-electron chi connectivity index (χ0n) is 7.68. The van der Waals surface area contributed by atoms with Crippen LogP contribution in [0.15, 0.2) is 0 Å². The molecule has 1 N–H and O–H groups in total. The Morgan fingerprint density at radius 1 is 1.33 bits per heavy atom. The van der Waals surface area contributed by atoms with Crippen molar-refractivity contribution < 1.29 is 4.79 Å². The molecule has 12 heavy (non-hydrogen) atoms. The summed E-state index contributed by atoms with van der Waals surface area (Å²) in [6, 6.07) is 0.923. The van der Waals surface area contributed by atoms with Crippen LogP contribution in [0.5, 0.6) is 0 Å². The molecule has 0 aromatic rings. The molecule has 2 rings (SSSR count). The summed E-state index contributed by atoms with van der Waals surface area (Å²) in [4.78, 5) is 11.6. The lowest BCUT2D eigenvalue weighted by Gasteiger charge is -2.38. The van der Waals surface area contributed by atoms with E-state index in [9.17, 15) is 4.79 Å². The molecule has 2 fully saturated rings. The van der Waals surface area contributed by atoms with Crippen LogP contribution >= 0.6 is 0 Å². The van der Waals surface area contributed by atoms with Crippen molar-refractivity contribution in [3.8, 4) is 0 Å². The molecule has 1 aliphatic heterocycles. The Balaban J connectivity index is 2.06. The second-order valence-electron chi connectivity index (χ2n) is 4.24. The summed E-state index contributed by atoms with van der Waals surface area (Å²) < 4.78 is 0. The topological polar surface area (TPSA) is 29.1 Å². The molecule has 1 saturated heterocycles. The Bertz CT molecular complexity index is 190. The van der Waals surface area contributed by atoms with Gasteiger partial charge in [-0.25, -0.2) is 0 Å². The number of nitrogens with one attached hydrogen (secondary N) is 1. The summed E-state index contributed by atoms with van der Waals surface area (Å²) >= 11 is 0. The van der Waals surface area contributed by atoms with Gasteiger partial charge in [-0.3, -0.25) is 4.79 Å². The molecule has 0 bridgehead atoms. The van der Waals surface area contributed by atoms with Crippen molar-refractivity contribution in [2.24, 2.45) is 5.92 Å². The van der Waals surface area contributed by atoms with Crippen LogP contribution in [0.3, 0.4) is 0 Å².